The number of hydrogen-bond acceptors (Lipinski definition) is 0. The summed E-state index contributed by atoms with van der Waals surface area (Å²) in [5, 5.41) is 3.74. The molecule has 57 heavy (non-hydrogen) atoms. The van der Waals surface area contributed by atoms with Crippen molar-refractivity contribution in [2.45, 2.75) is 180 Å². The van der Waals surface area contributed by atoms with Crippen LogP contribution in [0.3, 0.4) is 0 Å². The molecule has 0 atom stereocenters. The highest BCUT2D eigenvalue weighted by Crippen LogP contribution is 2.60. The maximum atomic E-state index is 2.82. The Bertz CT molecular complexity index is 2010. The van der Waals surface area contributed by atoms with Gasteiger partial charge in [-0.25, -0.2) is 0 Å². The van der Waals surface area contributed by atoms with Crippen LogP contribution >= 0.6 is 0 Å². The third kappa shape index (κ3) is 7.43. The van der Waals surface area contributed by atoms with E-state index in [-0.39, 0.29) is 21.7 Å². The molecule has 0 aromatic heterocycles. The van der Waals surface area contributed by atoms with Gasteiger partial charge < -0.3 is 0 Å². The van der Waals surface area contributed by atoms with Gasteiger partial charge in [0.25, 0.3) is 0 Å². The summed E-state index contributed by atoms with van der Waals surface area (Å²) < 4.78 is 0. The molecule has 1 heteroatoms. The van der Waals surface area contributed by atoms with Gasteiger partial charge in [-0.1, -0.05) is 230 Å². The molecule has 0 saturated heterocycles. The van der Waals surface area contributed by atoms with Crippen LogP contribution in [0.2, 0.25) is 11.1 Å². The second kappa shape index (κ2) is 14.4. The predicted molar refractivity (Wildman–Crippen MR) is 252 cm³/mol. The minimum atomic E-state index is -2.15. The molecular weight excluding hydrogens is 701 g/mol. The van der Waals surface area contributed by atoms with Crippen LogP contribution in [-0.4, -0.2) is 8.07 Å². The molecule has 4 aliphatic rings. The highest BCUT2D eigenvalue weighted by Gasteiger charge is 2.55. The molecule has 0 N–H and O–H groups in total. The first-order valence-electron chi connectivity index (χ1n) is 22.7. The minimum absolute atomic E-state index is 0.0904. The van der Waals surface area contributed by atoms with Crippen LogP contribution in [0.5, 0.6) is 0 Å². The van der Waals surface area contributed by atoms with Crippen LogP contribution < -0.4 is 0 Å². The Morgan fingerprint density at radius 3 is 1.04 bits per heavy atom. The summed E-state index contributed by atoms with van der Waals surface area (Å²) in [7, 11) is -2.15. The molecule has 0 radical (unpaired) electrons. The Morgan fingerprint density at radius 1 is 0.421 bits per heavy atom. The third-order valence-electron chi connectivity index (χ3n) is 14.8. The molecule has 4 aromatic rings. The Kier molecular flexibility index (Phi) is 10.2. The van der Waals surface area contributed by atoms with E-state index in [9.17, 15) is 0 Å². The Hall–Kier alpha value is -3.42. The van der Waals surface area contributed by atoms with Crippen LogP contribution in [0.15, 0.2) is 83.2 Å². The summed E-state index contributed by atoms with van der Waals surface area (Å²) in [5.41, 5.74) is 19.7. The van der Waals surface area contributed by atoms with Gasteiger partial charge in [-0.2, -0.15) is 0 Å². The molecule has 2 saturated carbocycles. The average Bonchev–Trinajstić information content (AvgIpc) is 3.98. The summed E-state index contributed by atoms with van der Waals surface area (Å²) in [6.45, 7) is 28.5. The number of fused-ring (bicyclic) bond motifs is 2. The van der Waals surface area contributed by atoms with Crippen molar-refractivity contribution in [3.05, 3.63) is 128 Å². The average molecular weight is 773 g/mol. The fourth-order valence-corrected chi connectivity index (χ4v) is 19.0. The number of hydrogen-bond donors (Lipinski definition) is 0. The van der Waals surface area contributed by atoms with Gasteiger partial charge in [0, 0.05) is 0 Å². The first kappa shape index (κ1) is 40.4. The minimum Gasteiger partial charge on any atom is -0.0704 e. The molecule has 8 rings (SSSR count). The number of allylic oxidation sites excluding steroid dienone is 2. The van der Waals surface area contributed by atoms with Crippen molar-refractivity contribution >= 4 is 20.2 Å². The lowest BCUT2D eigenvalue weighted by Crippen LogP contribution is -2.48. The van der Waals surface area contributed by atoms with Crippen molar-refractivity contribution in [1.82, 2.24) is 0 Å². The standard InChI is InChI=1S/C56H72Si/c1-53(2,3)41-27-39(28-42(33-41)54(4,5)6)49-25-17-19-37-31-47(35-51(37)49)57(45-21-13-14-22-45,46-23-15-16-24-46)48-32-38-20-18-26-50(52(38)36-48)40-29-43(55(7,8)9)34-44(30-40)56(10,11)12/h17-20,25-30,33-36,45-46H,13-16,21-24,31-32H2,1-12H3. The first-order chi connectivity index (χ1) is 26.7. The van der Waals surface area contributed by atoms with E-state index in [1.807, 2.05) is 10.4 Å². The first-order valence-corrected chi connectivity index (χ1v) is 24.9. The van der Waals surface area contributed by atoms with Crippen LogP contribution in [0, 0.1) is 0 Å². The zero-order valence-electron chi connectivity index (χ0n) is 37.8. The van der Waals surface area contributed by atoms with Gasteiger partial charge in [0.15, 0.2) is 0 Å². The van der Waals surface area contributed by atoms with Gasteiger partial charge in [0.2, 0.25) is 0 Å². The lowest BCUT2D eigenvalue weighted by Gasteiger charge is -2.45. The monoisotopic (exact) mass is 773 g/mol. The highest BCUT2D eigenvalue weighted by molar-refractivity contribution is 6.96. The van der Waals surface area contributed by atoms with E-state index >= 15 is 0 Å². The molecular formula is C56H72Si. The Balaban J connectivity index is 1.31. The smallest absolute Gasteiger partial charge is 0.0704 e. The summed E-state index contributed by atoms with van der Waals surface area (Å²) in [5.74, 6) is 0. The summed E-state index contributed by atoms with van der Waals surface area (Å²) >= 11 is 0. The zero-order chi connectivity index (χ0) is 40.7. The fraction of sp³-hybridized carbons (Fsp3) is 0.500. The normalized spacial score (nSPS) is 18.2. The van der Waals surface area contributed by atoms with E-state index in [0.717, 1.165) is 23.9 Å². The molecule has 2 fully saturated rings. The molecule has 0 aliphatic heterocycles. The molecule has 300 valence electrons. The maximum absolute atomic E-state index is 2.82. The van der Waals surface area contributed by atoms with E-state index in [1.54, 1.807) is 11.1 Å². The van der Waals surface area contributed by atoms with Gasteiger partial charge in [0.1, 0.15) is 8.07 Å². The lowest BCUT2D eigenvalue weighted by atomic mass is 9.78. The fourth-order valence-electron chi connectivity index (χ4n) is 11.4. The van der Waals surface area contributed by atoms with Gasteiger partial charge in [-0.3, -0.25) is 0 Å². The summed E-state index contributed by atoms with van der Waals surface area (Å²) in [6.07, 6.45) is 19.3. The predicted octanol–water partition coefficient (Wildman–Crippen LogP) is 16.2. The van der Waals surface area contributed by atoms with E-state index < -0.39 is 8.07 Å². The zero-order valence-corrected chi connectivity index (χ0v) is 38.8. The number of benzene rings is 4. The number of rotatable bonds is 6. The van der Waals surface area contributed by atoms with Crippen LogP contribution in [0.1, 0.15) is 179 Å². The van der Waals surface area contributed by atoms with Crippen molar-refractivity contribution in [2.75, 3.05) is 0 Å². The van der Waals surface area contributed by atoms with Crippen molar-refractivity contribution in [3.63, 3.8) is 0 Å². The Morgan fingerprint density at radius 2 is 0.737 bits per heavy atom. The summed E-state index contributed by atoms with van der Waals surface area (Å²) in [6, 6.07) is 29.6. The Labute approximate surface area is 348 Å². The molecule has 4 aliphatic carbocycles. The van der Waals surface area contributed by atoms with Crippen LogP contribution in [0.25, 0.3) is 34.4 Å². The molecule has 0 spiro atoms. The molecule has 4 aromatic carbocycles. The maximum Gasteiger partial charge on any atom is 0.115 e. The third-order valence-corrected chi connectivity index (χ3v) is 21.3. The largest absolute Gasteiger partial charge is 0.115 e. The van der Waals surface area contributed by atoms with Gasteiger partial charge in [-0.05, 0) is 112 Å². The van der Waals surface area contributed by atoms with E-state index in [4.69, 9.17) is 0 Å². The van der Waals surface area contributed by atoms with Gasteiger partial charge >= 0.3 is 0 Å². The van der Waals surface area contributed by atoms with E-state index in [2.05, 4.69) is 168 Å². The molecule has 0 amide bonds. The van der Waals surface area contributed by atoms with Crippen molar-refractivity contribution in [1.29, 1.82) is 0 Å². The van der Waals surface area contributed by atoms with Crippen molar-refractivity contribution in [2.24, 2.45) is 0 Å². The quantitative estimate of drug-likeness (QED) is 0.171. The van der Waals surface area contributed by atoms with Crippen molar-refractivity contribution in [3.8, 4) is 22.3 Å². The second-order valence-electron chi connectivity index (χ2n) is 22.9. The molecule has 0 nitrogen and oxygen atoms in total. The van der Waals surface area contributed by atoms with E-state index in [0.29, 0.717) is 0 Å². The topological polar surface area (TPSA) is 0 Å². The molecule has 0 heterocycles. The highest BCUT2D eigenvalue weighted by atomic mass is 28.3. The second-order valence-corrected chi connectivity index (χ2v) is 27.5. The van der Waals surface area contributed by atoms with Crippen LogP contribution in [-0.2, 0) is 34.5 Å². The lowest BCUT2D eigenvalue weighted by molar-refractivity contribution is 0.568. The van der Waals surface area contributed by atoms with Gasteiger partial charge in [-0.15, -0.1) is 0 Å². The van der Waals surface area contributed by atoms with Crippen molar-refractivity contribution < 1.29 is 0 Å². The molecule has 0 unspecified atom stereocenters. The summed E-state index contributed by atoms with van der Waals surface area (Å²) in [4.78, 5) is 0. The molecule has 0 bridgehead atoms. The van der Waals surface area contributed by atoms with E-state index in [1.165, 1.54) is 107 Å². The van der Waals surface area contributed by atoms with Gasteiger partial charge in [0.05, 0.1) is 0 Å². The SMILES string of the molecule is CC(C)(C)c1cc(-c2cccc3c2C=C([Si](C2=Cc4c(cccc4-c4cc(C(C)(C)C)cc(C(C)(C)C)c4)C2)(C2CCCC2)C2CCCC2)C3)cc(C(C)(C)C)c1. The van der Waals surface area contributed by atoms with Crippen LogP contribution in [0.4, 0.5) is 0 Å².